The molecule has 2 heterocycles. The van der Waals surface area contributed by atoms with Gasteiger partial charge >= 0.3 is 18.0 Å². The van der Waals surface area contributed by atoms with E-state index in [1.165, 1.54) is 0 Å². The van der Waals surface area contributed by atoms with Crippen LogP contribution >= 0.6 is 0 Å². The van der Waals surface area contributed by atoms with Crippen molar-refractivity contribution >= 4 is 15.7 Å². The Morgan fingerprint density at radius 1 is 0.905 bits per heavy atom. The van der Waals surface area contributed by atoms with Gasteiger partial charge in [0.25, 0.3) is 5.91 Å². The lowest BCUT2D eigenvalue weighted by Crippen LogP contribution is -2.56. The van der Waals surface area contributed by atoms with Crippen molar-refractivity contribution < 1.29 is 57.5 Å². The van der Waals surface area contributed by atoms with E-state index in [1.807, 2.05) is 0 Å². The lowest BCUT2D eigenvalue weighted by atomic mass is 9.76. The summed E-state index contributed by atoms with van der Waals surface area (Å²) in [6.07, 6.45) is -14.4. The summed E-state index contributed by atoms with van der Waals surface area (Å²) in [4.78, 5) is 14.1. The molecule has 2 aromatic rings. The zero-order chi connectivity index (χ0) is 30.9. The van der Waals surface area contributed by atoms with Gasteiger partial charge in [-0.15, -0.1) is 0 Å². The van der Waals surface area contributed by atoms with Gasteiger partial charge < -0.3 is 9.64 Å². The highest BCUT2D eigenvalue weighted by molar-refractivity contribution is 7.92. The third-order valence-electron chi connectivity index (χ3n) is 8.60. The topological polar surface area (TPSA) is 63.7 Å². The Labute approximate surface area is 234 Å². The van der Waals surface area contributed by atoms with E-state index >= 15 is 4.39 Å². The van der Waals surface area contributed by atoms with Gasteiger partial charge in [0.15, 0.2) is 15.5 Å². The molecule has 2 aliphatic heterocycles. The Balaban J connectivity index is 1.69. The van der Waals surface area contributed by atoms with Crippen LogP contribution in [0.15, 0.2) is 47.4 Å². The van der Waals surface area contributed by atoms with Crippen LogP contribution in [0, 0.1) is 5.82 Å². The number of carbonyl (C=O) groups is 1. The minimum absolute atomic E-state index is 0.0607. The van der Waals surface area contributed by atoms with Crippen LogP contribution in [-0.2, 0) is 36.2 Å². The number of amides is 1. The molecule has 0 aromatic heterocycles. The van der Waals surface area contributed by atoms with Gasteiger partial charge in [-0.3, -0.25) is 4.79 Å². The number of nitrogens with zero attached hydrogens (tertiary/aromatic N) is 1. The summed E-state index contributed by atoms with van der Waals surface area (Å²) in [5.41, 5.74) is -10.4. The van der Waals surface area contributed by atoms with Gasteiger partial charge in [0.2, 0.25) is 0 Å². The van der Waals surface area contributed by atoms with Crippen LogP contribution < -0.4 is 0 Å². The molecule has 0 bridgehead atoms. The van der Waals surface area contributed by atoms with Crippen LogP contribution in [0.4, 0.5) is 39.5 Å². The second-order valence-corrected chi connectivity index (χ2v) is 13.0. The average molecular weight is 630 g/mol. The first-order valence-electron chi connectivity index (χ1n) is 12.9. The van der Waals surface area contributed by atoms with Crippen LogP contribution in [0.3, 0.4) is 0 Å². The number of likely N-dealkylation sites (tertiary alicyclic amines) is 1. The lowest BCUT2D eigenvalue weighted by Gasteiger charge is -2.44. The molecule has 2 aromatic carbocycles. The maximum absolute atomic E-state index is 15.8. The number of ether oxygens (including phenoxy) is 1. The zero-order valence-electron chi connectivity index (χ0n) is 21.7. The largest absolute Gasteiger partial charge is 0.435 e. The molecule has 1 amide bonds. The second kappa shape index (κ2) is 9.86. The number of hydrogen-bond acceptors (Lipinski definition) is 4. The number of fused-ring (bicyclic) bond motifs is 3. The third kappa shape index (κ3) is 4.32. The van der Waals surface area contributed by atoms with Crippen LogP contribution in [0.5, 0.6) is 0 Å². The van der Waals surface area contributed by atoms with Crippen molar-refractivity contribution in [1.29, 1.82) is 0 Å². The molecule has 1 aliphatic carbocycles. The average Bonchev–Trinajstić information content (AvgIpc) is 3.33. The number of carbonyl (C=O) groups excluding carboxylic acids is 1. The van der Waals surface area contributed by atoms with Gasteiger partial charge in [0, 0.05) is 24.9 Å². The molecule has 2 fully saturated rings. The molecule has 0 unspecified atom stereocenters. The molecule has 5 rings (SSSR count). The quantitative estimate of drug-likeness (QED) is 0.315. The summed E-state index contributed by atoms with van der Waals surface area (Å²) >= 11 is 0. The SMILES string of the molecule is O=C(N1CC[C@@]2(S(=O)(=O)c3ccc(F)cc3)c3ccc(C(F)(C(F)(F)F)C(F)(F)F)cc3CC[C@@H]12)C1(F)CCOCC1. The van der Waals surface area contributed by atoms with Gasteiger partial charge in [-0.1, -0.05) is 18.2 Å². The van der Waals surface area contributed by atoms with Gasteiger partial charge in [0.05, 0.1) is 24.2 Å². The summed E-state index contributed by atoms with van der Waals surface area (Å²) in [7, 11) is -4.66. The minimum Gasteiger partial charge on any atom is -0.381 e. The molecule has 5 nitrogen and oxygen atoms in total. The highest BCUT2D eigenvalue weighted by atomic mass is 32.2. The summed E-state index contributed by atoms with van der Waals surface area (Å²) in [6.45, 7) is -0.417. The Morgan fingerprint density at radius 2 is 1.50 bits per heavy atom. The van der Waals surface area contributed by atoms with Gasteiger partial charge in [-0.2, -0.15) is 26.3 Å². The van der Waals surface area contributed by atoms with Crippen LogP contribution in [0.1, 0.15) is 42.4 Å². The molecular weight excluding hydrogens is 605 g/mol. The number of sulfone groups is 1. The van der Waals surface area contributed by atoms with Crippen LogP contribution in [0.2, 0.25) is 0 Å². The number of hydrogen-bond donors (Lipinski definition) is 0. The highest BCUT2D eigenvalue weighted by Crippen LogP contribution is 2.57. The van der Waals surface area contributed by atoms with Crippen molar-refractivity contribution in [1.82, 2.24) is 4.90 Å². The number of benzene rings is 2. The first-order chi connectivity index (χ1) is 19.4. The standard InChI is InChI=1S/C27H24F9NO4S/c28-18-3-5-19(6-4-18)42(39,40)24-9-12-37(22(38)23(29)10-13-41-14-11-23)21(24)8-1-16-15-17(2-7-20(16)24)25(30,26(31,32)33)27(34,35)36/h2-7,15,21H,1,8-14H2/t21-,24-/m1/s1. The number of halogens is 9. The molecule has 0 radical (unpaired) electrons. The predicted octanol–water partition coefficient (Wildman–Crippen LogP) is 5.85. The van der Waals surface area contributed by atoms with Crippen molar-refractivity contribution in [3.8, 4) is 0 Å². The summed E-state index contributed by atoms with van der Waals surface area (Å²) in [5, 5.41) is 0. The van der Waals surface area contributed by atoms with E-state index in [-0.39, 0.29) is 69.1 Å². The van der Waals surface area contributed by atoms with Crippen molar-refractivity contribution in [2.24, 2.45) is 0 Å². The second-order valence-electron chi connectivity index (χ2n) is 10.8. The van der Waals surface area contributed by atoms with Crippen LogP contribution in [0.25, 0.3) is 0 Å². The molecule has 15 heteroatoms. The fourth-order valence-electron chi connectivity index (χ4n) is 6.46. The maximum Gasteiger partial charge on any atom is 0.435 e. The number of alkyl halides is 8. The zero-order valence-corrected chi connectivity index (χ0v) is 22.5. The van der Waals surface area contributed by atoms with Crippen LogP contribution in [-0.4, -0.2) is 63.0 Å². The normalized spacial score (nSPS) is 24.7. The summed E-state index contributed by atoms with van der Waals surface area (Å²) in [6, 6.07) is 3.62. The molecule has 3 aliphatic rings. The Bertz CT molecular complexity index is 1470. The van der Waals surface area contributed by atoms with E-state index in [2.05, 4.69) is 0 Å². The van der Waals surface area contributed by atoms with E-state index in [0.29, 0.717) is 12.1 Å². The minimum atomic E-state index is -6.38. The monoisotopic (exact) mass is 629 g/mol. The highest BCUT2D eigenvalue weighted by Gasteiger charge is 2.74. The maximum atomic E-state index is 15.8. The molecule has 2 saturated heterocycles. The first kappa shape index (κ1) is 30.6. The van der Waals surface area contributed by atoms with Crippen molar-refractivity contribution in [2.75, 3.05) is 19.8 Å². The fourth-order valence-corrected chi connectivity index (χ4v) is 8.83. The molecule has 0 spiro atoms. The van der Waals surface area contributed by atoms with Crippen molar-refractivity contribution in [3.63, 3.8) is 0 Å². The molecule has 42 heavy (non-hydrogen) atoms. The van der Waals surface area contributed by atoms with Gasteiger partial charge in [-0.05, 0) is 54.7 Å². The predicted molar refractivity (Wildman–Crippen MR) is 129 cm³/mol. The third-order valence-corrected chi connectivity index (χ3v) is 11.1. The number of aryl methyl sites for hydroxylation is 1. The van der Waals surface area contributed by atoms with E-state index in [9.17, 15) is 48.3 Å². The molecule has 2 atom stereocenters. The molecule has 0 saturated carbocycles. The smallest absolute Gasteiger partial charge is 0.381 e. The summed E-state index contributed by atoms with van der Waals surface area (Å²) < 4.78 is 157. The molecule has 230 valence electrons. The van der Waals surface area contributed by atoms with E-state index < -0.39 is 66.5 Å². The van der Waals surface area contributed by atoms with E-state index in [0.717, 1.165) is 29.2 Å². The fraction of sp³-hybridized carbons (Fsp3) is 0.519. The molecule has 0 N–H and O–H groups in total. The lowest BCUT2D eigenvalue weighted by molar-refractivity contribution is -0.348. The van der Waals surface area contributed by atoms with E-state index in [1.54, 1.807) is 0 Å². The number of rotatable bonds is 4. The Kier molecular flexibility index (Phi) is 7.19. The Hall–Kier alpha value is -2.81. The summed E-state index contributed by atoms with van der Waals surface area (Å²) in [5.74, 6) is -1.78. The van der Waals surface area contributed by atoms with Gasteiger partial charge in [0.1, 0.15) is 10.6 Å². The first-order valence-corrected chi connectivity index (χ1v) is 14.4. The van der Waals surface area contributed by atoms with Gasteiger partial charge in [-0.25, -0.2) is 21.6 Å². The van der Waals surface area contributed by atoms with Crippen molar-refractivity contribution in [2.45, 2.75) is 71.5 Å². The van der Waals surface area contributed by atoms with Crippen molar-refractivity contribution in [3.05, 3.63) is 65.0 Å². The Morgan fingerprint density at radius 3 is 2.07 bits per heavy atom. The van der Waals surface area contributed by atoms with E-state index in [4.69, 9.17) is 4.74 Å². The molecular formula is C27H24F9NO4S.